The van der Waals surface area contributed by atoms with E-state index >= 15 is 0 Å². The van der Waals surface area contributed by atoms with Gasteiger partial charge in [-0.25, -0.2) is 0 Å². The average Bonchev–Trinajstić information content (AvgIpc) is 2.78. The Labute approximate surface area is 170 Å². The minimum Gasteiger partial charge on any atom is -0.497 e. The smallest absolute Gasteiger partial charge is 0.248 e. The van der Waals surface area contributed by atoms with Crippen molar-refractivity contribution >= 4 is 17.7 Å². The molecule has 0 unspecified atom stereocenters. The lowest BCUT2D eigenvalue weighted by Crippen LogP contribution is -2.08. The monoisotopic (exact) mass is 389 g/mol. The lowest BCUT2D eigenvalue weighted by molar-refractivity contribution is -0.111. The third-order valence-corrected chi connectivity index (χ3v) is 4.42. The first kappa shape index (κ1) is 20.0. The van der Waals surface area contributed by atoms with Crippen molar-refractivity contribution in [3.63, 3.8) is 0 Å². The number of methoxy groups -OCH3 is 3. The van der Waals surface area contributed by atoms with Crippen LogP contribution in [0.1, 0.15) is 5.56 Å². The first-order valence-corrected chi connectivity index (χ1v) is 9.09. The molecule has 5 nitrogen and oxygen atoms in total. The number of hydrogen-bond acceptors (Lipinski definition) is 4. The highest BCUT2D eigenvalue weighted by atomic mass is 16.5. The van der Waals surface area contributed by atoms with Gasteiger partial charge in [-0.15, -0.1) is 0 Å². The second-order valence-electron chi connectivity index (χ2n) is 6.21. The molecular weight excluding hydrogens is 366 g/mol. The van der Waals surface area contributed by atoms with Crippen LogP contribution in [0, 0.1) is 0 Å². The van der Waals surface area contributed by atoms with Crippen LogP contribution in [0.15, 0.2) is 72.8 Å². The van der Waals surface area contributed by atoms with E-state index in [1.165, 1.54) is 6.08 Å². The number of rotatable bonds is 7. The normalized spacial score (nSPS) is 10.6. The van der Waals surface area contributed by atoms with Gasteiger partial charge in [-0.2, -0.15) is 0 Å². The van der Waals surface area contributed by atoms with E-state index in [0.29, 0.717) is 11.4 Å². The summed E-state index contributed by atoms with van der Waals surface area (Å²) >= 11 is 0. The van der Waals surface area contributed by atoms with E-state index < -0.39 is 0 Å². The van der Waals surface area contributed by atoms with Crippen LogP contribution in [-0.2, 0) is 4.79 Å². The highest BCUT2D eigenvalue weighted by Crippen LogP contribution is 2.33. The number of para-hydroxylation sites is 1. The Kier molecular flexibility index (Phi) is 6.53. The number of nitrogens with one attached hydrogen (secondary N) is 1. The molecule has 0 spiro atoms. The van der Waals surface area contributed by atoms with Gasteiger partial charge in [0, 0.05) is 22.9 Å². The summed E-state index contributed by atoms with van der Waals surface area (Å²) in [6, 6.07) is 20.7. The van der Waals surface area contributed by atoms with Gasteiger partial charge in [0.15, 0.2) is 0 Å². The van der Waals surface area contributed by atoms with Crippen molar-refractivity contribution in [1.29, 1.82) is 0 Å². The second-order valence-corrected chi connectivity index (χ2v) is 6.21. The zero-order chi connectivity index (χ0) is 20.6. The molecule has 0 aliphatic heterocycles. The third kappa shape index (κ3) is 4.96. The molecule has 0 atom stereocenters. The summed E-state index contributed by atoms with van der Waals surface area (Å²) < 4.78 is 16.0. The number of benzene rings is 3. The van der Waals surface area contributed by atoms with Crippen LogP contribution in [0.5, 0.6) is 17.2 Å². The van der Waals surface area contributed by atoms with E-state index in [9.17, 15) is 4.79 Å². The minimum atomic E-state index is -0.234. The maximum Gasteiger partial charge on any atom is 0.248 e. The van der Waals surface area contributed by atoms with Crippen molar-refractivity contribution < 1.29 is 19.0 Å². The Morgan fingerprint density at radius 3 is 2.24 bits per heavy atom. The van der Waals surface area contributed by atoms with Gasteiger partial charge in [0.25, 0.3) is 0 Å². The fourth-order valence-electron chi connectivity index (χ4n) is 2.94. The molecule has 0 aromatic heterocycles. The standard InChI is InChI=1S/C24H23NO4/c1-27-20-12-8-17(9-13-20)21-16-19(11-14-23(21)29-3)25-24(26)15-10-18-6-4-5-7-22(18)28-2/h4-16H,1-3H3,(H,25,26)/b15-10+. The highest BCUT2D eigenvalue weighted by molar-refractivity contribution is 6.02. The fourth-order valence-corrected chi connectivity index (χ4v) is 2.94. The molecule has 148 valence electrons. The number of anilines is 1. The van der Waals surface area contributed by atoms with E-state index in [-0.39, 0.29) is 5.91 Å². The van der Waals surface area contributed by atoms with Gasteiger partial charge in [0.2, 0.25) is 5.91 Å². The maximum absolute atomic E-state index is 12.4. The lowest BCUT2D eigenvalue weighted by Gasteiger charge is -2.12. The molecule has 0 bridgehead atoms. The number of ether oxygens (including phenoxy) is 3. The molecule has 0 radical (unpaired) electrons. The molecule has 0 aliphatic rings. The molecule has 1 N–H and O–H groups in total. The zero-order valence-electron chi connectivity index (χ0n) is 16.6. The first-order chi connectivity index (χ1) is 14.1. The van der Waals surface area contributed by atoms with Crippen molar-refractivity contribution in [2.24, 2.45) is 0 Å². The topological polar surface area (TPSA) is 56.8 Å². The van der Waals surface area contributed by atoms with Crippen LogP contribution >= 0.6 is 0 Å². The summed E-state index contributed by atoms with van der Waals surface area (Å²) in [7, 11) is 4.85. The summed E-state index contributed by atoms with van der Waals surface area (Å²) in [6.45, 7) is 0. The number of carbonyl (C=O) groups is 1. The van der Waals surface area contributed by atoms with Gasteiger partial charge in [-0.05, 0) is 48.0 Å². The van der Waals surface area contributed by atoms with Crippen molar-refractivity contribution in [3.05, 3.63) is 78.4 Å². The van der Waals surface area contributed by atoms with Crippen LogP contribution < -0.4 is 19.5 Å². The molecular formula is C24H23NO4. The highest BCUT2D eigenvalue weighted by Gasteiger charge is 2.09. The molecule has 0 fully saturated rings. The lowest BCUT2D eigenvalue weighted by atomic mass is 10.0. The molecule has 5 heteroatoms. The van der Waals surface area contributed by atoms with Gasteiger partial charge in [0.1, 0.15) is 17.2 Å². The largest absolute Gasteiger partial charge is 0.497 e. The number of carbonyl (C=O) groups excluding carboxylic acids is 1. The van der Waals surface area contributed by atoms with Crippen LogP contribution in [0.2, 0.25) is 0 Å². The molecule has 3 aromatic rings. The van der Waals surface area contributed by atoms with E-state index in [4.69, 9.17) is 14.2 Å². The van der Waals surface area contributed by atoms with Crippen LogP contribution in [-0.4, -0.2) is 27.2 Å². The summed E-state index contributed by atoms with van der Waals surface area (Å²) in [5.74, 6) is 1.97. The first-order valence-electron chi connectivity index (χ1n) is 9.09. The van der Waals surface area contributed by atoms with Crippen LogP contribution in [0.4, 0.5) is 5.69 Å². The van der Waals surface area contributed by atoms with Gasteiger partial charge in [0.05, 0.1) is 21.3 Å². The quantitative estimate of drug-likeness (QED) is 0.576. The van der Waals surface area contributed by atoms with Gasteiger partial charge >= 0.3 is 0 Å². The number of amides is 1. The molecule has 0 aliphatic carbocycles. The Balaban J connectivity index is 1.80. The van der Waals surface area contributed by atoms with Crippen LogP contribution in [0.3, 0.4) is 0 Å². The predicted octanol–water partition coefficient (Wildman–Crippen LogP) is 5.03. The SMILES string of the molecule is COc1ccc(-c2cc(NC(=O)/C=C/c3ccccc3OC)ccc2OC)cc1. The minimum absolute atomic E-state index is 0.234. The van der Waals surface area contributed by atoms with Crippen molar-refractivity contribution in [2.45, 2.75) is 0 Å². The summed E-state index contributed by atoms with van der Waals surface area (Å²) in [5, 5.41) is 2.89. The van der Waals surface area contributed by atoms with Crippen molar-refractivity contribution in [1.82, 2.24) is 0 Å². The molecule has 3 aromatic carbocycles. The zero-order valence-corrected chi connectivity index (χ0v) is 16.6. The summed E-state index contributed by atoms with van der Waals surface area (Å²) in [5.41, 5.74) is 3.34. The summed E-state index contributed by atoms with van der Waals surface area (Å²) in [6.07, 6.45) is 3.21. The van der Waals surface area contributed by atoms with Gasteiger partial charge < -0.3 is 19.5 Å². The molecule has 29 heavy (non-hydrogen) atoms. The van der Waals surface area contributed by atoms with Gasteiger partial charge in [-0.1, -0.05) is 30.3 Å². The Morgan fingerprint density at radius 1 is 0.828 bits per heavy atom. The fraction of sp³-hybridized carbons (Fsp3) is 0.125. The van der Waals surface area contributed by atoms with E-state index in [1.807, 2.05) is 60.7 Å². The number of hydrogen-bond donors (Lipinski definition) is 1. The van der Waals surface area contributed by atoms with Crippen LogP contribution in [0.25, 0.3) is 17.2 Å². The average molecular weight is 389 g/mol. The maximum atomic E-state index is 12.4. The Morgan fingerprint density at radius 2 is 1.55 bits per heavy atom. The molecule has 0 saturated carbocycles. The molecule has 1 amide bonds. The molecule has 0 saturated heterocycles. The second kappa shape index (κ2) is 9.46. The Bertz CT molecular complexity index is 1010. The van der Waals surface area contributed by atoms with E-state index in [1.54, 1.807) is 33.5 Å². The van der Waals surface area contributed by atoms with E-state index in [0.717, 1.165) is 28.2 Å². The molecule has 3 rings (SSSR count). The van der Waals surface area contributed by atoms with Crippen molar-refractivity contribution in [2.75, 3.05) is 26.6 Å². The van der Waals surface area contributed by atoms with E-state index in [2.05, 4.69) is 5.32 Å². The summed E-state index contributed by atoms with van der Waals surface area (Å²) in [4.78, 5) is 12.4. The molecule has 0 heterocycles. The Hall–Kier alpha value is -3.73. The third-order valence-electron chi connectivity index (χ3n) is 4.42. The van der Waals surface area contributed by atoms with Crippen molar-refractivity contribution in [3.8, 4) is 28.4 Å². The predicted molar refractivity (Wildman–Crippen MR) is 116 cm³/mol. The van der Waals surface area contributed by atoms with Gasteiger partial charge in [-0.3, -0.25) is 4.79 Å².